The molecule has 1 aromatic carbocycles. The van der Waals surface area contributed by atoms with Gasteiger partial charge >= 0.3 is 0 Å². The average molecular weight is 435 g/mol. The number of benzene rings is 1. The van der Waals surface area contributed by atoms with Crippen LogP contribution < -0.4 is 15.5 Å². The SMILES string of the molecule is O=C1NCc2nc(-c3c(F)cccc3F)cc(Nc3ccc(N4C5COCC4C5)cn3)c21. The Morgan fingerprint density at radius 3 is 2.56 bits per heavy atom. The zero-order valence-corrected chi connectivity index (χ0v) is 16.9. The van der Waals surface area contributed by atoms with Gasteiger partial charge in [-0.2, -0.15) is 0 Å². The van der Waals surface area contributed by atoms with Crippen LogP contribution in [0, 0.1) is 11.6 Å². The number of nitrogens with one attached hydrogen (secondary N) is 2. The van der Waals surface area contributed by atoms with Crippen molar-refractivity contribution in [2.24, 2.45) is 0 Å². The molecular formula is C23H19F2N5O2. The molecule has 2 aromatic heterocycles. The van der Waals surface area contributed by atoms with Gasteiger partial charge in [0.15, 0.2) is 0 Å². The van der Waals surface area contributed by atoms with Gasteiger partial charge in [0.25, 0.3) is 5.91 Å². The molecule has 2 bridgehead atoms. The van der Waals surface area contributed by atoms with E-state index in [9.17, 15) is 13.6 Å². The summed E-state index contributed by atoms with van der Waals surface area (Å²) in [6, 6.07) is 9.72. The second kappa shape index (κ2) is 7.23. The van der Waals surface area contributed by atoms with E-state index in [0.717, 1.165) is 25.3 Å². The molecule has 0 spiro atoms. The van der Waals surface area contributed by atoms with E-state index in [0.29, 0.717) is 34.8 Å². The van der Waals surface area contributed by atoms with Gasteiger partial charge in [0.05, 0.1) is 71.9 Å². The molecule has 2 unspecified atom stereocenters. The average Bonchev–Trinajstić information content (AvgIpc) is 3.16. The number of hydrogen-bond acceptors (Lipinski definition) is 6. The summed E-state index contributed by atoms with van der Waals surface area (Å²) in [5.74, 6) is -1.20. The first-order valence-corrected chi connectivity index (χ1v) is 10.4. The van der Waals surface area contributed by atoms with Crippen LogP contribution in [0.15, 0.2) is 42.6 Å². The smallest absolute Gasteiger partial charge is 0.255 e. The van der Waals surface area contributed by atoms with Crippen molar-refractivity contribution in [1.29, 1.82) is 0 Å². The van der Waals surface area contributed by atoms with Gasteiger partial charge in [0.1, 0.15) is 17.5 Å². The Morgan fingerprint density at radius 1 is 1.09 bits per heavy atom. The first kappa shape index (κ1) is 19.1. The van der Waals surface area contributed by atoms with E-state index in [1.807, 2.05) is 12.1 Å². The highest BCUT2D eigenvalue weighted by atomic mass is 19.1. The second-order valence-electron chi connectivity index (χ2n) is 8.17. The number of halogens is 2. The maximum atomic E-state index is 14.4. The number of carbonyl (C=O) groups excluding carboxylic acids is 1. The van der Waals surface area contributed by atoms with Gasteiger partial charge in [-0.3, -0.25) is 4.79 Å². The molecule has 5 heterocycles. The molecule has 0 radical (unpaired) electrons. The third-order valence-electron chi connectivity index (χ3n) is 6.22. The van der Waals surface area contributed by atoms with Crippen LogP contribution >= 0.6 is 0 Å². The van der Waals surface area contributed by atoms with Crippen molar-refractivity contribution in [2.45, 2.75) is 25.0 Å². The predicted molar refractivity (Wildman–Crippen MR) is 114 cm³/mol. The van der Waals surface area contributed by atoms with Crippen molar-refractivity contribution < 1.29 is 18.3 Å². The van der Waals surface area contributed by atoms with Gasteiger partial charge in [-0.05, 0) is 36.8 Å². The van der Waals surface area contributed by atoms with Crippen LogP contribution in [-0.2, 0) is 11.3 Å². The lowest BCUT2D eigenvalue weighted by molar-refractivity contribution is 0.0103. The fraction of sp³-hybridized carbons (Fsp3) is 0.261. The van der Waals surface area contributed by atoms with Crippen molar-refractivity contribution >= 4 is 23.1 Å². The summed E-state index contributed by atoms with van der Waals surface area (Å²) in [5.41, 5.74) is 2.09. The number of ether oxygens (including phenoxy) is 1. The van der Waals surface area contributed by atoms with Crippen LogP contribution in [0.5, 0.6) is 0 Å². The van der Waals surface area contributed by atoms with Gasteiger partial charge in [0.2, 0.25) is 0 Å². The number of rotatable bonds is 4. The standard InChI is InChI=1S/C23H19F2N5O2/c24-15-2-1-3-16(25)21(15)17-7-18(22-19(28-17)9-27-23(22)31)29-20-5-4-12(8-26-20)30-13-6-14(30)11-32-10-13/h1-5,7-8,13-14H,6,9-11H2,(H,27,31)(H,26,28,29). The molecule has 32 heavy (non-hydrogen) atoms. The monoisotopic (exact) mass is 435 g/mol. The largest absolute Gasteiger partial charge is 0.377 e. The second-order valence-corrected chi connectivity index (χ2v) is 8.17. The van der Waals surface area contributed by atoms with Gasteiger partial charge in [0, 0.05) is 0 Å². The fourth-order valence-electron chi connectivity index (χ4n) is 4.71. The summed E-state index contributed by atoms with van der Waals surface area (Å²) >= 11 is 0. The number of morpholine rings is 1. The summed E-state index contributed by atoms with van der Waals surface area (Å²) in [6.07, 6.45) is 2.92. The van der Waals surface area contributed by atoms with Gasteiger partial charge < -0.3 is 20.3 Å². The van der Waals surface area contributed by atoms with Crippen LogP contribution in [0.2, 0.25) is 0 Å². The fourth-order valence-corrected chi connectivity index (χ4v) is 4.71. The minimum atomic E-state index is -0.716. The van der Waals surface area contributed by atoms with Crippen molar-refractivity contribution in [1.82, 2.24) is 15.3 Å². The number of pyridine rings is 2. The molecule has 3 aliphatic rings. The number of anilines is 3. The van der Waals surface area contributed by atoms with E-state index in [2.05, 4.69) is 25.5 Å². The lowest BCUT2D eigenvalue weighted by atomic mass is 9.91. The Hall–Kier alpha value is -3.59. The summed E-state index contributed by atoms with van der Waals surface area (Å²) in [7, 11) is 0. The molecule has 6 rings (SSSR count). The molecule has 0 aliphatic carbocycles. The van der Waals surface area contributed by atoms with Crippen molar-refractivity contribution in [3.63, 3.8) is 0 Å². The maximum Gasteiger partial charge on any atom is 0.255 e. The molecule has 1 amide bonds. The maximum absolute atomic E-state index is 14.4. The van der Waals surface area contributed by atoms with Crippen molar-refractivity contribution in [2.75, 3.05) is 23.4 Å². The van der Waals surface area contributed by atoms with E-state index in [-0.39, 0.29) is 23.7 Å². The van der Waals surface area contributed by atoms with Crippen LogP contribution in [0.3, 0.4) is 0 Å². The first-order chi connectivity index (χ1) is 15.6. The lowest BCUT2D eigenvalue weighted by Crippen LogP contribution is -2.64. The number of fused-ring (bicyclic) bond motifs is 3. The molecule has 2 saturated heterocycles. The molecule has 9 heteroatoms. The van der Waals surface area contributed by atoms with E-state index in [4.69, 9.17) is 4.74 Å². The number of nitrogens with zero attached hydrogens (tertiary/aromatic N) is 3. The zero-order chi connectivity index (χ0) is 21.8. The third kappa shape index (κ3) is 3.00. The molecule has 7 nitrogen and oxygen atoms in total. The normalized spacial score (nSPS) is 21.1. The quantitative estimate of drug-likeness (QED) is 0.654. The third-order valence-corrected chi connectivity index (χ3v) is 6.22. The van der Waals surface area contributed by atoms with Crippen molar-refractivity contribution in [3.8, 4) is 11.3 Å². The highest BCUT2D eigenvalue weighted by Crippen LogP contribution is 2.37. The molecule has 3 aliphatic heterocycles. The Kier molecular flexibility index (Phi) is 4.32. The predicted octanol–water partition coefficient (Wildman–Crippen LogP) is 3.39. The number of carbonyl (C=O) groups is 1. The molecule has 3 aromatic rings. The summed E-state index contributed by atoms with van der Waals surface area (Å²) in [4.78, 5) is 23.5. The van der Waals surface area contributed by atoms with Crippen LogP contribution in [0.25, 0.3) is 11.3 Å². The molecule has 2 fully saturated rings. The topological polar surface area (TPSA) is 79.4 Å². The highest BCUT2D eigenvalue weighted by molar-refractivity contribution is 6.04. The number of amides is 1. The Morgan fingerprint density at radius 2 is 1.88 bits per heavy atom. The van der Waals surface area contributed by atoms with Crippen LogP contribution in [-0.4, -0.2) is 41.2 Å². The first-order valence-electron chi connectivity index (χ1n) is 10.4. The van der Waals surface area contributed by atoms with Gasteiger partial charge in [-0.1, -0.05) is 6.07 Å². The van der Waals surface area contributed by atoms with Crippen molar-refractivity contribution in [3.05, 3.63) is 65.5 Å². The molecule has 162 valence electrons. The van der Waals surface area contributed by atoms with Gasteiger partial charge in [-0.25, -0.2) is 18.7 Å². The Bertz CT molecular complexity index is 1200. The summed E-state index contributed by atoms with van der Waals surface area (Å²) in [6.45, 7) is 1.65. The Labute approximate surface area is 182 Å². The van der Waals surface area contributed by atoms with E-state index in [1.165, 1.54) is 24.3 Å². The Balaban J connectivity index is 1.34. The molecule has 2 atom stereocenters. The minimum Gasteiger partial charge on any atom is -0.377 e. The lowest BCUT2D eigenvalue weighted by Gasteiger charge is -2.53. The molecular weight excluding hydrogens is 416 g/mol. The van der Waals surface area contributed by atoms with E-state index in [1.54, 1.807) is 6.20 Å². The van der Waals surface area contributed by atoms with Crippen LogP contribution in [0.4, 0.5) is 26.0 Å². The molecule has 0 saturated carbocycles. The zero-order valence-electron chi connectivity index (χ0n) is 16.9. The summed E-state index contributed by atoms with van der Waals surface area (Å²) in [5, 5.41) is 5.85. The molecule has 2 N–H and O–H groups in total. The minimum absolute atomic E-state index is 0.114. The van der Waals surface area contributed by atoms with E-state index >= 15 is 0 Å². The van der Waals surface area contributed by atoms with E-state index < -0.39 is 11.6 Å². The summed E-state index contributed by atoms with van der Waals surface area (Å²) < 4.78 is 34.3. The number of hydrogen-bond donors (Lipinski definition) is 2. The number of aromatic nitrogens is 2. The van der Waals surface area contributed by atoms with Gasteiger partial charge in [-0.15, -0.1) is 0 Å². The highest BCUT2D eigenvalue weighted by Gasteiger charge is 2.42. The van der Waals surface area contributed by atoms with Crippen LogP contribution in [0.1, 0.15) is 22.5 Å².